The van der Waals surface area contributed by atoms with Crippen LogP contribution in [-0.4, -0.2) is 34.2 Å². The first-order chi connectivity index (χ1) is 9.56. The monoisotopic (exact) mass is 284 g/mol. The molecule has 6 heteroatoms. The molecule has 0 aliphatic carbocycles. The van der Waals surface area contributed by atoms with Crippen molar-refractivity contribution in [1.29, 1.82) is 0 Å². The Balaban J connectivity index is 2.25. The van der Waals surface area contributed by atoms with Crippen LogP contribution in [0.1, 0.15) is 31.4 Å². The van der Waals surface area contributed by atoms with Gasteiger partial charge in [-0.2, -0.15) is 0 Å². The maximum atomic E-state index is 11.2. The number of ether oxygens (including phenoxy) is 1. The standard InChI is InChI=1S/C14H24N2O4/c1-11-14(19)13(18)6-8-16(11)7-4-2-3-5-12(15)9-20-10-17/h6,8,12,17,19H,2-5,7,9-10,15H2,1H3. The van der Waals surface area contributed by atoms with Crippen LogP contribution in [0.15, 0.2) is 17.1 Å². The summed E-state index contributed by atoms with van der Waals surface area (Å²) in [6.07, 6.45) is 5.52. The van der Waals surface area contributed by atoms with Gasteiger partial charge in [-0.15, -0.1) is 0 Å². The summed E-state index contributed by atoms with van der Waals surface area (Å²) in [5.41, 5.74) is 6.07. The number of rotatable bonds is 9. The molecule has 0 spiro atoms. The first kappa shape index (κ1) is 16.7. The molecular weight excluding hydrogens is 260 g/mol. The Hall–Kier alpha value is -1.37. The van der Waals surface area contributed by atoms with Crippen LogP contribution in [0.25, 0.3) is 0 Å². The molecule has 0 radical (unpaired) electrons. The second kappa shape index (κ2) is 8.73. The van der Waals surface area contributed by atoms with Crippen LogP contribution < -0.4 is 11.2 Å². The summed E-state index contributed by atoms with van der Waals surface area (Å²) in [5, 5.41) is 18.1. The second-order valence-electron chi connectivity index (χ2n) is 4.92. The van der Waals surface area contributed by atoms with Gasteiger partial charge in [0, 0.05) is 24.8 Å². The molecule has 0 aliphatic heterocycles. The Morgan fingerprint density at radius 1 is 1.40 bits per heavy atom. The average Bonchev–Trinajstić information content (AvgIpc) is 2.44. The topological polar surface area (TPSA) is 97.7 Å². The Kier molecular flexibility index (Phi) is 7.28. The Bertz CT molecular complexity index is 459. The van der Waals surface area contributed by atoms with Crippen molar-refractivity contribution in [2.24, 2.45) is 5.73 Å². The summed E-state index contributed by atoms with van der Waals surface area (Å²) in [7, 11) is 0. The number of hydrogen-bond acceptors (Lipinski definition) is 5. The van der Waals surface area contributed by atoms with Crippen molar-refractivity contribution in [3.8, 4) is 5.75 Å². The van der Waals surface area contributed by atoms with Gasteiger partial charge in [-0.1, -0.05) is 12.8 Å². The highest BCUT2D eigenvalue weighted by molar-refractivity contribution is 5.25. The van der Waals surface area contributed by atoms with Gasteiger partial charge in [0.2, 0.25) is 5.43 Å². The van der Waals surface area contributed by atoms with Gasteiger partial charge in [-0.25, -0.2) is 0 Å². The van der Waals surface area contributed by atoms with Crippen LogP contribution in [0.4, 0.5) is 0 Å². The molecule has 1 aromatic rings. The van der Waals surface area contributed by atoms with Crippen LogP contribution in [0.3, 0.4) is 0 Å². The summed E-state index contributed by atoms with van der Waals surface area (Å²) in [6.45, 7) is 2.59. The minimum atomic E-state index is -0.339. The average molecular weight is 284 g/mol. The zero-order valence-electron chi connectivity index (χ0n) is 11.9. The Labute approximate surface area is 118 Å². The molecule has 0 amide bonds. The number of pyridine rings is 1. The molecular formula is C14H24N2O4. The maximum Gasteiger partial charge on any atom is 0.223 e. The molecule has 20 heavy (non-hydrogen) atoms. The van der Waals surface area contributed by atoms with E-state index in [4.69, 9.17) is 15.6 Å². The van der Waals surface area contributed by atoms with Crippen LogP contribution >= 0.6 is 0 Å². The highest BCUT2D eigenvalue weighted by atomic mass is 16.6. The smallest absolute Gasteiger partial charge is 0.223 e. The molecule has 0 fully saturated rings. The van der Waals surface area contributed by atoms with E-state index >= 15 is 0 Å². The van der Waals surface area contributed by atoms with Crippen LogP contribution in [0, 0.1) is 6.92 Å². The van der Waals surface area contributed by atoms with Crippen LogP contribution in [0.5, 0.6) is 5.75 Å². The van der Waals surface area contributed by atoms with Crippen molar-refractivity contribution in [3.63, 3.8) is 0 Å². The molecule has 0 saturated heterocycles. The second-order valence-corrected chi connectivity index (χ2v) is 4.92. The van der Waals surface area contributed by atoms with Crippen molar-refractivity contribution < 1.29 is 14.9 Å². The number of aromatic hydroxyl groups is 1. The quantitative estimate of drug-likeness (QED) is 0.458. The highest BCUT2D eigenvalue weighted by Gasteiger charge is 2.05. The zero-order valence-corrected chi connectivity index (χ0v) is 11.9. The number of aliphatic hydroxyl groups is 1. The normalized spacial score (nSPS) is 12.6. The van der Waals surface area contributed by atoms with Gasteiger partial charge in [0.25, 0.3) is 0 Å². The summed E-state index contributed by atoms with van der Waals surface area (Å²) in [4.78, 5) is 11.2. The summed E-state index contributed by atoms with van der Waals surface area (Å²) in [6, 6.07) is 1.34. The van der Waals surface area contributed by atoms with Crippen molar-refractivity contribution in [2.45, 2.75) is 45.2 Å². The lowest BCUT2D eigenvalue weighted by Gasteiger charge is -2.12. The van der Waals surface area contributed by atoms with Crippen molar-refractivity contribution >= 4 is 0 Å². The number of aryl methyl sites for hydroxylation is 1. The van der Waals surface area contributed by atoms with E-state index in [1.165, 1.54) is 6.07 Å². The van der Waals surface area contributed by atoms with Crippen molar-refractivity contribution in [2.75, 3.05) is 13.4 Å². The van der Waals surface area contributed by atoms with E-state index in [-0.39, 0.29) is 24.0 Å². The molecule has 6 nitrogen and oxygen atoms in total. The van der Waals surface area contributed by atoms with Crippen LogP contribution in [0.2, 0.25) is 0 Å². The molecule has 0 aromatic carbocycles. The summed E-state index contributed by atoms with van der Waals surface area (Å²) >= 11 is 0. The third kappa shape index (κ3) is 5.32. The van der Waals surface area contributed by atoms with E-state index in [2.05, 4.69) is 0 Å². The van der Waals surface area contributed by atoms with Crippen LogP contribution in [-0.2, 0) is 11.3 Å². The van der Waals surface area contributed by atoms with E-state index in [1.54, 1.807) is 13.1 Å². The predicted molar refractivity (Wildman–Crippen MR) is 76.6 cm³/mol. The third-order valence-electron chi connectivity index (χ3n) is 3.31. The molecule has 114 valence electrons. The lowest BCUT2D eigenvalue weighted by molar-refractivity contribution is -0.00802. The summed E-state index contributed by atoms with van der Waals surface area (Å²) < 4.78 is 6.71. The minimum Gasteiger partial charge on any atom is -0.503 e. The number of hydrogen-bond donors (Lipinski definition) is 3. The largest absolute Gasteiger partial charge is 0.503 e. The molecule has 0 aliphatic rings. The molecule has 4 N–H and O–H groups in total. The molecule has 1 heterocycles. The molecule has 0 saturated carbocycles. The first-order valence-electron chi connectivity index (χ1n) is 6.89. The van der Waals surface area contributed by atoms with Crippen molar-refractivity contribution in [3.05, 3.63) is 28.2 Å². The number of aromatic nitrogens is 1. The Morgan fingerprint density at radius 2 is 2.15 bits per heavy atom. The molecule has 1 unspecified atom stereocenters. The van der Waals surface area contributed by atoms with E-state index in [1.807, 2.05) is 4.57 Å². The van der Waals surface area contributed by atoms with Gasteiger partial charge >= 0.3 is 0 Å². The van der Waals surface area contributed by atoms with Gasteiger partial charge < -0.3 is 25.3 Å². The molecule has 1 aromatic heterocycles. The zero-order chi connectivity index (χ0) is 15.0. The first-order valence-corrected chi connectivity index (χ1v) is 6.89. The fourth-order valence-corrected chi connectivity index (χ4v) is 2.06. The number of aliphatic hydroxyl groups excluding tert-OH is 1. The van der Waals surface area contributed by atoms with Gasteiger partial charge in [0.05, 0.1) is 12.3 Å². The molecule has 0 bridgehead atoms. The lowest BCUT2D eigenvalue weighted by atomic mass is 10.1. The van der Waals surface area contributed by atoms with Gasteiger partial charge in [-0.05, 0) is 19.8 Å². The third-order valence-corrected chi connectivity index (χ3v) is 3.31. The van der Waals surface area contributed by atoms with E-state index in [0.29, 0.717) is 12.3 Å². The van der Waals surface area contributed by atoms with E-state index < -0.39 is 0 Å². The maximum absolute atomic E-state index is 11.2. The van der Waals surface area contributed by atoms with E-state index in [9.17, 15) is 9.90 Å². The predicted octanol–water partition coefficient (Wildman–Crippen LogP) is 0.716. The minimum absolute atomic E-state index is 0.0414. The molecule has 1 atom stereocenters. The fourth-order valence-electron chi connectivity index (χ4n) is 2.06. The van der Waals surface area contributed by atoms with E-state index in [0.717, 1.165) is 32.2 Å². The Morgan fingerprint density at radius 3 is 2.85 bits per heavy atom. The van der Waals surface area contributed by atoms with Gasteiger partial charge in [-0.3, -0.25) is 4.79 Å². The summed E-state index contributed by atoms with van der Waals surface area (Å²) in [5.74, 6) is -0.171. The fraction of sp³-hybridized carbons (Fsp3) is 0.643. The number of nitrogens with two attached hydrogens (primary N) is 1. The number of nitrogens with zero attached hydrogens (tertiary/aromatic N) is 1. The SMILES string of the molecule is Cc1c(O)c(=O)ccn1CCCCCC(N)COCO. The van der Waals surface area contributed by atoms with Gasteiger partial charge in [0.1, 0.15) is 6.79 Å². The van der Waals surface area contributed by atoms with Gasteiger partial charge in [0.15, 0.2) is 5.75 Å². The number of unbranched alkanes of at least 4 members (excludes halogenated alkanes) is 2. The molecule has 1 rings (SSSR count). The van der Waals surface area contributed by atoms with Crippen molar-refractivity contribution in [1.82, 2.24) is 4.57 Å². The highest BCUT2D eigenvalue weighted by Crippen LogP contribution is 2.11. The lowest BCUT2D eigenvalue weighted by Crippen LogP contribution is -2.26.